The third-order valence-corrected chi connectivity index (χ3v) is 5.52. The monoisotopic (exact) mass is 323 g/mol. The van der Waals surface area contributed by atoms with E-state index >= 15 is 0 Å². The number of benzene rings is 2. The Kier molecular flexibility index (Phi) is 6.06. The van der Waals surface area contributed by atoms with Crippen molar-refractivity contribution >= 4 is 0 Å². The van der Waals surface area contributed by atoms with Crippen molar-refractivity contribution in [3.8, 4) is 0 Å². The van der Waals surface area contributed by atoms with Crippen molar-refractivity contribution in [2.45, 2.75) is 56.7 Å². The van der Waals surface area contributed by atoms with Gasteiger partial charge in [0.2, 0.25) is 0 Å². The van der Waals surface area contributed by atoms with E-state index in [1.165, 1.54) is 31.2 Å². The zero-order valence-corrected chi connectivity index (χ0v) is 14.6. The number of aryl methyl sites for hydroxylation is 1. The summed E-state index contributed by atoms with van der Waals surface area (Å²) in [5, 5.41) is 10.6. The molecular formula is C22H29NO. The molecule has 2 aromatic carbocycles. The van der Waals surface area contributed by atoms with Crippen LogP contribution in [0.4, 0.5) is 0 Å². The van der Waals surface area contributed by atoms with Gasteiger partial charge in [0.1, 0.15) is 0 Å². The van der Waals surface area contributed by atoms with Gasteiger partial charge in [-0.15, -0.1) is 0 Å². The van der Waals surface area contributed by atoms with E-state index in [0.717, 1.165) is 18.4 Å². The van der Waals surface area contributed by atoms with Gasteiger partial charge in [-0.25, -0.2) is 0 Å². The Labute approximate surface area is 146 Å². The van der Waals surface area contributed by atoms with E-state index in [-0.39, 0.29) is 6.10 Å². The van der Waals surface area contributed by atoms with Gasteiger partial charge in [-0.2, -0.15) is 0 Å². The number of aliphatic hydroxyl groups excluding tert-OH is 1. The van der Waals surface area contributed by atoms with E-state index in [0.29, 0.717) is 12.1 Å². The summed E-state index contributed by atoms with van der Waals surface area (Å²) in [5.74, 6) is 0. The van der Waals surface area contributed by atoms with Crippen LogP contribution in [0.15, 0.2) is 60.7 Å². The topological polar surface area (TPSA) is 23.5 Å². The third kappa shape index (κ3) is 4.46. The van der Waals surface area contributed by atoms with Crippen LogP contribution in [0.5, 0.6) is 0 Å². The lowest BCUT2D eigenvalue weighted by molar-refractivity contribution is 0.0585. The summed E-state index contributed by atoms with van der Waals surface area (Å²) < 4.78 is 0. The van der Waals surface area contributed by atoms with E-state index in [1.54, 1.807) is 0 Å². The zero-order valence-electron chi connectivity index (χ0n) is 14.6. The van der Waals surface area contributed by atoms with Crippen LogP contribution < -0.4 is 0 Å². The minimum absolute atomic E-state index is 0.355. The number of aliphatic hydroxyl groups is 1. The van der Waals surface area contributed by atoms with Crippen molar-refractivity contribution in [2.75, 3.05) is 7.05 Å². The summed E-state index contributed by atoms with van der Waals surface area (Å²) in [7, 11) is 2.25. The second kappa shape index (κ2) is 8.46. The average molecular weight is 323 g/mol. The highest BCUT2D eigenvalue weighted by molar-refractivity contribution is 5.17. The van der Waals surface area contributed by atoms with E-state index in [1.807, 2.05) is 30.3 Å². The minimum Gasteiger partial charge on any atom is -0.388 e. The smallest absolute Gasteiger partial charge is 0.0805 e. The lowest BCUT2D eigenvalue weighted by Crippen LogP contribution is -2.44. The molecule has 1 aliphatic rings. The normalized spacial score (nSPS) is 23.1. The third-order valence-electron chi connectivity index (χ3n) is 5.52. The van der Waals surface area contributed by atoms with Crippen LogP contribution in [0, 0.1) is 0 Å². The van der Waals surface area contributed by atoms with E-state index < -0.39 is 0 Å². The summed E-state index contributed by atoms with van der Waals surface area (Å²) >= 11 is 0. The molecule has 0 bridgehead atoms. The van der Waals surface area contributed by atoms with Crippen LogP contribution in [0.2, 0.25) is 0 Å². The van der Waals surface area contributed by atoms with Crippen LogP contribution in [0.1, 0.15) is 49.3 Å². The number of piperidine rings is 1. The van der Waals surface area contributed by atoms with Crippen molar-refractivity contribution < 1.29 is 5.11 Å². The molecule has 1 fully saturated rings. The maximum Gasteiger partial charge on any atom is 0.0805 e. The largest absolute Gasteiger partial charge is 0.388 e. The van der Waals surface area contributed by atoms with Gasteiger partial charge in [-0.05, 0) is 50.3 Å². The van der Waals surface area contributed by atoms with Gasteiger partial charge < -0.3 is 10.0 Å². The van der Waals surface area contributed by atoms with Gasteiger partial charge in [0.05, 0.1) is 6.10 Å². The van der Waals surface area contributed by atoms with Gasteiger partial charge in [-0.3, -0.25) is 0 Å². The summed E-state index contributed by atoms with van der Waals surface area (Å²) in [6.45, 7) is 0. The van der Waals surface area contributed by atoms with Crippen LogP contribution >= 0.6 is 0 Å². The standard InChI is InChI=1S/C22H29NO/c1-23-20(16-15-18-9-4-2-5-10-18)13-8-14-21(23)17-22(24)19-11-6-3-7-12-19/h2-7,9-12,20-22,24H,8,13-17H2,1H3/t20-,21+,22-/m0/s1. The maximum absolute atomic E-state index is 10.6. The molecule has 3 rings (SSSR count). The summed E-state index contributed by atoms with van der Waals surface area (Å²) in [6.07, 6.45) is 6.58. The molecule has 0 spiro atoms. The number of likely N-dealkylation sites (tertiary alicyclic amines) is 1. The molecule has 1 heterocycles. The Hall–Kier alpha value is -1.64. The number of hydrogen-bond donors (Lipinski definition) is 1. The fraction of sp³-hybridized carbons (Fsp3) is 0.455. The molecule has 0 aliphatic carbocycles. The van der Waals surface area contributed by atoms with E-state index in [9.17, 15) is 5.11 Å². The average Bonchev–Trinajstić information content (AvgIpc) is 2.64. The Morgan fingerprint density at radius 1 is 0.958 bits per heavy atom. The molecule has 2 aromatic rings. The zero-order chi connectivity index (χ0) is 16.8. The molecule has 0 radical (unpaired) electrons. The fourth-order valence-electron chi connectivity index (χ4n) is 3.97. The van der Waals surface area contributed by atoms with Gasteiger partial charge in [0.15, 0.2) is 0 Å². The molecule has 0 saturated carbocycles. The van der Waals surface area contributed by atoms with Gasteiger partial charge in [-0.1, -0.05) is 67.1 Å². The summed E-state index contributed by atoms with van der Waals surface area (Å²) in [6, 6.07) is 22.0. The Balaban J connectivity index is 1.55. The molecule has 1 N–H and O–H groups in total. The molecule has 1 saturated heterocycles. The predicted octanol–water partition coefficient (Wildman–Crippen LogP) is 4.60. The molecule has 0 unspecified atom stereocenters. The molecule has 1 aliphatic heterocycles. The number of rotatable bonds is 6. The molecule has 128 valence electrons. The van der Waals surface area contributed by atoms with Gasteiger partial charge in [0, 0.05) is 12.1 Å². The predicted molar refractivity (Wildman–Crippen MR) is 100.0 cm³/mol. The quantitative estimate of drug-likeness (QED) is 0.840. The first-order valence-corrected chi connectivity index (χ1v) is 9.23. The molecular weight excluding hydrogens is 294 g/mol. The fourth-order valence-corrected chi connectivity index (χ4v) is 3.97. The van der Waals surface area contributed by atoms with E-state index in [2.05, 4.69) is 42.3 Å². The van der Waals surface area contributed by atoms with Crippen molar-refractivity contribution in [1.29, 1.82) is 0 Å². The minimum atomic E-state index is -0.355. The highest BCUT2D eigenvalue weighted by atomic mass is 16.3. The first-order valence-electron chi connectivity index (χ1n) is 9.23. The maximum atomic E-state index is 10.6. The highest BCUT2D eigenvalue weighted by Gasteiger charge is 2.29. The van der Waals surface area contributed by atoms with Gasteiger partial charge >= 0.3 is 0 Å². The summed E-state index contributed by atoms with van der Waals surface area (Å²) in [5.41, 5.74) is 2.47. The number of hydrogen-bond acceptors (Lipinski definition) is 2. The Morgan fingerprint density at radius 3 is 2.29 bits per heavy atom. The lowest BCUT2D eigenvalue weighted by Gasteiger charge is -2.40. The van der Waals surface area contributed by atoms with Crippen LogP contribution in [-0.2, 0) is 6.42 Å². The molecule has 2 heteroatoms. The Bertz CT molecular complexity index is 598. The highest BCUT2D eigenvalue weighted by Crippen LogP contribution is 2.30. The second-order valence-corrected chi connectivity index (χ2v) is 7.09. The van der Waals surface area contributed by atoms with Crippen molar-refractivity contribution in [3.63, 3.8) is 0 Å². The first kappa shape index (κ1) is 17.2. The summed E-state index contributed by atoms with van der Waals surface area (Å²) in [4.78, 5) is 2.53. The molecule has 24 heavy (non-hydrogen) atoms. The lowest BCUT2D eigenvalue weighted by atomic mass is 9.88. The van der Waals surface area contributed by atoms with Crippen LogP contribution in [0.3, 0.4) is 0 Å². The molecule has 0 amide bonds. The molecule has 3 atom stereocenters. The Morgan fingerprint density at radius 2 is 1.58 bits per heavy atom. The first-order chi connectivity index (χ1) is 11.7. The SMILES string of the molecule is CN1[C@H](CCc2ccccc2)CCC[C@@H]1C[C@H](O)c1ccccc1. The second-order valence-electron chi connectivity index (χ2n) is 7.09. The van der Waals surface area contributed by atoms with Crippen LogP contribution in [-0.4, -0.2) is 29.1 Å². The van der Waals surface area contributed by atoms with Crippen molar-refractivity contribution in [2.24, 2.45) is 0 Å². The number of nitrogens with zero attached hydrogens (tertiary/aromatic N) is 1. The molecule has 2 nitrogen and oxygen atoms in total. The molecule has 0 aromatic heterocycles. The van der Waals surface area contributed by atoms with E-state index in [4.69, 9.17) is 0 Å². The van der Waals surface area contributed by atoms with Crippen molar-refractivity contribution in [3.05, 3.63) is 71.8 Å². The van der Waals surface area contributed by atoms with Crippen molar-refractivity contribution in [1.82, 2.24) is 4.90 Å². The van der Waals surface area contributed by atoms with Gasteiger partial charge in [0.25, 0.3) is 0 Å². The van der Waals surface area contributed by atoms with Crippen LogP contribution in [0.25, 0.3) is 0 Å².